The van der Waals surface area contributed by atoms with E-state index in [1.165, 1.54) is 19.2 Å². The normalized spacial score (nSPS) is 24.9. The van der Waals surface area contributed by atoms with E-state index in [0.29, 0.717) is 22.8 Å². The first-order chi connectivity index (χ1) is 19.1. The lowest BCUT2D eigenvalue weighted by molar-refractivity contribution is -0.139. The van der Waals surface area contributed by atoms with Crippen molar-refractivity contribution >= 4 is 17.7 Å². The summed E-state index contributed by atoms with van der Waals surface area (Å²) in [6.07, 6.45) is 0. The summed E-state index contributed by atoms with van der Waals surface area (Å²) < 4.78 is 21.0. The molecule has 0 spiro atoms. The molecule has 204 valence electrons. The Balaban J connectivity index is 1.93. The van der Waals surface area contributed by atoms with Gasteiger partial charge < -0.3 is 18.9 Å². The van der Waals surface area contributed by atoms with Crippen molar-refractivity contribution in [1.29, 1.82) is 10.5 Å². The molecule has 0 amide bonds. The third-order valence-electron chi connectivity index (χ3n) is 8.44. The fraction of sp³-hybridized carbons (Fsp3) is 0.367. The summed E-state index contributed by atoms with van der Waals surface area (Å²) in [4.78, 5) is 27.1. The van der Waals surface area contributed by atoms with E-state index in [4.69, 9.17) is 24.0 Å². The van der Waals surface area contributed by atoms with E-state index in [-0.39, 0.29) is 17.4 Å². The van der Waals surface area contributed by atoms with Crippen LogP contribution in [0.2, 0.25) is 0 Å². The van der Waals surface area contributed by atoms with Gasteiger partial charge in [-0.2, -0.15) is 15.6 Å². The Morgan fingerprint density at radius 2 is 1.32 bits per heavy atom. The molecule has 2 heterocycles. The van der Waals surface area contributed by atoms with Crippen LogP contribution in [0.4, 0.5) is 0 Å². The molecule has 40 heavy (non-hydrogen) atoms. The summed E-state index contributed by atoms with van der Waals surface area (Å²) in [5, 5.41) is 27.6. The van der Waals surface area contributed by atoms with Crippen molar-refractivity contribution in [2.45, 2.75) is 24.9 Å². The van der Waals surface area contributed by atoms with Gasteiger partial charge in [0.05, 0.1) is 39.7 Å². The van der Waals surface area contributed by atoms with Crippen LogP contribution in [0.15, 0.2) is 64.8 Å². The number of hydrazone groups is 1. The van der Waals surface area contributed by atoms with Gasteiger partial charge >= 0.3 is 11.9 Å². The largest absolute Gasteiger partial charge is 0.497 e. The Kier molecular flexibility index (Phi) is 6.11. The van der Waals surface area contributed by atoms with Crippen molar-refractivity contribution in [3.05, 3.63) is 70.8 Å². The summed E-state index contributed by atoms with van der Waals surface area (Å²) in [6.45, 7) is 4.09. The first-order valence-corrected chi connectivity index (χ1v) is 12.6. The van der Waals surface area contributed by atoms with Crippen molar-refractivity contribution in [3.8, 4) is 23.6 Å². The highest BCUT2D eigenvalue weighted by Gasteiger charge is 2.80. The van der Waals surface area contributed by atoms with Crippen molar-refractivity contribution in [3.63, 3.8) is 0 Å². The summed E-state index contributed by atoms with van der Waals surface area (Å²) in [5.74, 6) is -1.20. The summed E-state index contributed by atoms with van der Waals surface area (Å²) in [6, 6.07) is 18.3. The lowest BCUT2D eigenvalue weighted by Gasteiger charge is -2.45. The number of nitriles is 2. The van der Waals surface area contributed by atoms with Gasteiger partial charge in [0.25, 0.3) is 5.54 Å². The topological polar surface area (TPSA) is 134 Å². The van der Waals surface area contributed by atoms with Gasteiger partial charge in [-0.15, -0.1) is 0 Å². The lowest BCUT2D eigenvalue weighted by Crippen LogP contribution is -2.56. The Labute approximate surface area is 232 Å². The standard InChI is InChI=1S/C30H28N4O6/c1-28(2)23-24(17-7-11-19(37-3)12-8-17)33-34-29(15-31,16-32)21(26(35)39-5)22(27(36)40-6)30(34,25(23)28)18-9-13-20(38-4)14-10-18/h7-14,23,25H,1-6H3/t23-,25+,30+/m1/s1. The van der Waals surface area contributed by atoms with E-state index in [0.717, 1.165) is 12.7 Å². The summed E-state index contributed by atoms with van der Waals surface area (Å²) in [5.41, 5.74) is -2.85. The second kappa shape index (κ2) is 9.13. The maximum Gasteiger partial charge on any atom is 0.339 e. The van der Waals surface area contributed by atoms with Gasteiger partial charge in [-0.05, 0) is 52.9 Å². The zero-order valence-electron chi connectivity index (χ0n) is 23.0. The van der Waals surface area contributed by atoms with Gasteiger partial charge in [-0.3, -0.25) is 0 Å². The van der Waals surface area contributed by atoms with Crippen LogP contribution < -0.4 is 9.47 Å². The number of hydrogen-bond donors (Lipinski definition) is 0. The second-order valence-corrected chi connectivity index (χ2v) is 10.5. The van der Waals surface area contributed by atoms with Crippen LogP contribution in [0.25, 0.3) is 0 Å². The fourth-order valence-electron chi connectivity index (χ4n) is 6.62. The number of methoxy groups -OCH3 is 4. The van der Waals surface area contributed by atoms with Crippen LogP contribution in [0.5, 0.6) is 11.5 Å². The van der Waals surface area contributed by atoms with Gasteiger partial charge in [-0.1, -0.05) is 26.0 Å². The van der Waals surface area contributed by atoms with Gasteiger partial charge in [0.2, 0.25) is 0 Å². The molecule has 2 aromatic carbocycles. The maximum atomic E-state index is 13.7. The first-order valence-electron chi connectivity index (χ1n) is 12.6. The highest BCUT2D eigenvalue weighted by Crippen LogP contribution is 2.75. The first kappa shape index (κ1) is 26.8. The Bertz CT molecular complexity index is 1530. The predicted molar refractivity (Wildman–Crippen MR) is 142 cm³/mol. The highest BCUT2D eigenvalue weighted by atomic mass is 16.5. The molecule has 0 N–H and O–H groups in total. The van der Waals surface area contributed by atoms with Crippen LogP contribution in [0, 0.1) is 39.9 Å². The minimum Gasteiger partial charge on any atom is -0.497 e. The molecule has 10 nitrogen and oxygen atoms in total. The Hall–Kier alpha value is -4.83. The molecule has 1 saturated carbocycles. The second-order valence-electron chi connectivity index (χ2n) is 10.5. The molecule has 3 aliphatic rings. The molecule has 0 unspecified atom stereocenters. The molecule has 10 heteroatoms. The zero-order valence-corrected chi connectivity index (χ0v) is 23.0. The van der Waals surface area contributed by atoms with Crippen molar-refractivity contribution in [2.24, 2.45) is 22.4 Å². The average Bonchev–Trinajstić information content (AvgIpc) is 3.47. The van der Waals surface area contributed by atoms with E-state index in [9.17, 15) is 20.1 Å². The molecule has 0 aromatic heterocycles. The number of nitrogens with zero attached hydrogens (tertiary/aromatic N) is 4. The Morgan fingerprint density at radius 3 is 1.80 bits per heavy atom. The van der Waals surface area contributed by atoms with E-state index in [2.05, 4.69) is 0 Å². The summed E-state index contributed by atoms with van der Waals surface area (Å²) >= 11 is 0. The van der Waals surface area contributed by atoms with Crippen LogP contribution in [0.1, 0.15) is 25.0 Å². The van der Waals surface area contributed by atoms with Crippen molar-refractivity contribution in [1.82, 2.24) is 5.01 Å². The minimum absolute atomic E-state index is 0.131. The van der Waals surface area contributed by atoms with Crippen molar-refractivity contribution in [2.75, 3.05) is 28.4 Å². The number of fused-ring (bicyclic) bond motifs is 3. The number of benzene rings is 2. The molecular weight excluding hydrogens is 512 g/mol. The van der Waals surface area contributed by atoms with Crippen LogP contribution in [-0.4, -0.2) is 56.6 Å². The third kappa shape index (κ3) is 3.23. The number of esters is 2. The molecule has 0 radical (unpaired) electrons. The van der Waals surface area contributed by atoms with E-state index < -0.39 is 34.0 Å². The van der Waals surface area contributed by atoms with Gasteiger partial charge in [-0.25, -0.2) is 14.6 Å². The highest BCUT2D eigenvalue weighted by molar-refractivity contribution is 6.10. The van der Waals surface area contributed by atoms with E-state index in [1.54, 1.807) is 43.5 Å². The lowest BCUT2D eigenvalue weighted by atomic mass is 9.75. The third-order valence-corrected chi connectivity index (χ3v) is 8.44. The van der Waals surface area contributed by atoms with E-state index >= 15 is 0 Å². The van der Waals surface area contributed by atoms with Crippen LogP contribution in [-0.2, 0) is 24.6 Å². The predicted octanol–water partition coefficient (Wildman–Crippen LogP) is 3.33. The number of ether oxygens (including phenoxy) is 4. The van der Waals surface area contributed by atoms with E-state index in [1.807, 2.05) is 38.1 Å². The zero-order chi connectivity index (χ0) is 29.0. The van der Waals surface area contributed by atoms with Gasteiger partial charge in [0.1, 0.15) is 34.7 Å². The molecule has 0 bridgehead atoms. The summed E-state index contributed by atoms with van der Waals surface area (Å²) in [7, 11) is 5.44. The molecule has 3 atom stereocenters. The average molecular weight is 541 g/mol. The number of rotatable bonds is 6. The fourth-order valence-corrected chi connectivity index (χ4v) is 6.62. The molecule has 0 saturated heterocycles. The quantitative estimate of drug-likeness (QED) is 0.506. The van der Waals surface area contributed by atoms with Crippen LogP contribution in [0.3, 0.4) is 0 Å². The smallest absolute Gasteiger partial charge is 0.339 e. The number of hydrogen-bond acceptors (Lipinski definition) is 10. The maximum absolute atomic E-state index is 13.7. The monoisotopic (exact) mass is 540 g/mol. The Morgan fingerprint density at radius 1 is 0.825 bits per heavy atom. The van der Waals surface area contributed by atoms with Crippen molar-refractivity contribution < 1.29 is 28.5 Å². The molecule has 1 fully saturated rings. The molecule has 1 aliphatic carbocycles. The minimum atomic E-state index is -2.29. The SMILES string of the molecule is COC(=O)C1=C(C(=O)OC)[C@@]2(c3ccc(OC)cc3)[C@H]3[C@@H](C(c4ccc(OC)cc4)=NN2C1(C#N)C#N)C3(C)C. The molecule has 5 rings (SSSR count). The van der Waals surface area contributed by atoms with Crippen LogP contribution >= 0.6 is 0 Å². The molecule has 2 aromatic rings. The number of carbonyl (C=O) groups excluding carboxylic acids is 2. The van der Waals surface area contributed by atoms with Gasteiger partial charge in [0, 0.05) is 11.8 Å². The number of carbonyl (C=O) groups is 2. The molecule has 2 aliphatic heterocycles. The van der Waals surface area contributed by atoms with Gasteiger partial charge in [0.15, 0.2) is 0 Å². The molecular formula is C30H28N4O6.